The Morgan fingerprint density at radius 3 is 3.00 bits per heavy atom. The number of hydrogen-bond acceptors (Lipinski definition) is 3. The Bertz CT molecular complexity index is 45.6. The lowest BCUT2D eigenvalue weighted by atomic mass is 11.4. The fraction of sp³-hybridized carbons (Fsp3) is 0. The second-order valence-electron chi connectivity index (χ2n) is 0.505. The van der Waals surface area contributed by atoms with Crippen LogP contribution in [0.5, 0.6) is 0 Å². The molecule has 0 spiro atoms. The maximum absolute atomic E-state index is 3.63. The molecule has 0 aromatic rings. The van der Waals surface area contributed by atoms with Crippen molar-refractivity contribution in [3.63, 3.8) is 0 Å². The van der Waals surface area contributed by atoms with Crippen molar-refractivity contribution in [2.75, 3.05) is 0 Å². The molecule has 5 heavy (non-hydrogen) atoms. The molecular formula is C2HNS2. The van der Waals surface area contributed by atoms with Crippen LogP contribution >= 0.6 is 21.6 Å². The molecule has 3 heteroatoms. The molecule has 0 amide bonds. The third-order valence-electron chi connectivity index (χ3n) is 0.234. The molecule has 1 heterocycles. The monoisotopic (exact) mass is 103 g/mol. The summed E-state index contributed by atoms with van der Waals surface area (Å²) in [5.41, 5.74) is 1.75. The Kier molecular flexibility index (Phi) is 1.22. The number of rotatable bonds is 0. The van der Waals surface area contributed by atoms with Gasteiger partial charge in [0.05, 0.1) is 5.55 Å². The molecule has 1 nitrogen and oxygen atoms in total. The largest absolute Gasteiger partial charge is 0.260 e. The van der Waals surface area contributed by atoms with Crippen LogP contribution < -0.4 is 0 Å². The van der Waals surface area contributed by atoms with Crippen molar-refractivity contribution in [3.8, 4) is 0 Å². The van der Waals surface area contributed by atoms with E-state index in [1.54, 1.807) is 16.3 Å². The molecule has 0 aliphatic carbocycles. The standard InChI is InChI=1S/C2HNS2/c1-3-2-5-4-1/h1H. The van der Waals surface area contributed by atoms with Crippen LogP contribution in [-0.4, -0.2) is 5.55 Å². The van der Waals surface area contributed by atoms with Gasteiger partial charge in [0.1, 0.15) is 0 Å². The SMILES string of the molecule is [C]1N=CSS1. The van der Waals surface area contributed by atoms with Gasteiger partial charge >= 0.3 is 0 Å². The van der Waals surface area contributed by atoms with Gasteiger partial charge in [-0.05, 0) is 21.6 Å². The van der Waals surface area contributed by atoms with Gasteiger partial charge in [0.25, 0.3) is 0 Å². The molecule has 0 fully saturated rings. The highest BCUT2D eigenvalue weighted by Crippen LogP contribution is 2.27. The molecule has 0 aromatic carbocycles. The summed E-state index contributed by atoms with van der Waals surface area (Å²) in [6.07, 6.45) is 0. The first kappa shape index (κ1) is 3.56. The predicted octanol–water partition coefficient (Wildman–Crippen LogP) is 1.41. The summed E-state index contributed by atoms with van der Waals surface area (Å²) in [5, 5.41) is 0. The van der Waals surface area contributed by atoms with Crippen LogP contribution in [0.2, 0.25) is 0 Å². The third kappa shape index (κ3) is 0.851. The molecule has 1 aliphatic rings. The Labute approximate surface area is 38.6 Å². The molecule has 0 saturated heterocycles. The van der Waals surface area contributed by atoms with Crippen LogP contribution in [0, 0.1) is 5.88 Å². The van der Waals surface area contributed by atoms with Crippen molar-refractivity contribution in [2.24, 2.45) is 4.99 Å². The minimum atomic E-state index is 1.52. The van der Waals surface area contributed by atoms with Gasteiger partial charge in [-0.3, -0.25) is 4.99 Å². The average molecular weight is 103 g/mol. The quantitative estimate of drug-likeness (QED) is 0.430. The molecular weight excluding hydrogens is 102 g/mol. The van der Waals surface area contributed by atoms with Gasteiger partial charge in [0, 0.05) is 0 Å². The highest BCUT2D eigenvalue weighted by atomic mass is 33.1. The molecule has 0 bridgehead atoms. The summed E-state index contributed by atoms with van der Waals surface area (Å²) < 4.78 is 0. The molecule has 0 unspecified atom stereocenters. The summed E-state index contributed by atoms with van der Waals surface area (Å²) in [5.74, 6) is 2.67. The van der Waals surface area contributed by atoms with Gasteiger partial charge in [-0.25, -0.2) is 0 Å². The average Bonchev–Trinajstić information content (AvgIpc) is 1.76. The predicted molar refractivity (Wildman–Crippen MR) is 26.9 cm³/mol. The van der Waals surface area contributed by atoms with Crippen molar-refractivity contribution < 1.29 is 0 Å². The molecule has 1 aliphatic heterocycles. The molecule has 0 aromatic heterocycles. The van der Waals surface area contributed by atoms with Gasteiger partial charge in [-0.1, -0.05) is 0 Å². The topological polar surface area (TPSA) is 12.4 Å². The second-order valence-corrected chi connectivity index (χ2v) is 2.34. The molecule has 2 radical (unpaired) electrons. The fourth-order valence-electron chi connectivity index (χ4n) is 0.108. The van der Waals surface area contributed by atoms with Crippen LogP contribution in [0.15, 0.2) is 4.99 Å². The maximum Gasteiger partial charge on any atom is 0.194 e. The van der Waals surface area contributed by atoms with Crippen molar-refractivity contribution in [1.29, 1.82) is 0 Å². The van der Waals surface area contributed by atoms with Gasteiger partial charge < -0.3 is 0 Å². The summed E-state index contributed by atoms with van der Waals surface area (Å²) in [4.78, 5) is 3.63. The Balaban J connectivity index is 2.32. The zero-order valence-corrected chi connectivity index (χ0v) is 3.97. The Morgan fingerprint density at radius 1 is 1.80 bits per heavy atom. The summed E-state index contributed by atoms with van der Waals surface area (Å²) >= 11 is 0. The summed E-state index contributed by atoms with van der Waals surface area (Å²) in [6, 6.07) is 0. The number of nitrogens with zero attached hydrogens (tertiary/aromatic N) is 1. The second kappa shape index (κ2) is 1.72. The zero-order chi connectivity index (χ0) is 3.54. The van der Waals surface area contributed by atoms with Crippen molar-refractivity contribution in [1.82, 2.24) is 0 Å². The van der Waals surface area contributed by atoms with Crippen molar-refractivity contribution in [2.45, 2.75) is 0 Å². The van der Waals surface area contributed by atoms with Gasteiger partial charge in [-0.15, -0.1) is 0 Å². The van der Waals surface area contributed by atoms with E-state index in [0.717, 1.165) is 0 Å². The lowest BCUT2D eigenvalue weighted by Crippen LogP contribution is -1.37. The van der Waals surface area contributed by atoms with Crippen molar-refractivity contribution >= 4 is 27.1 Å². The fourth-order valence-corrected chi connectivity index (χ4v) is 0.968. The minimum absolute atomic E-state index is 1.52. The van der Waals surface area contributed by atoms with E-state index in [9.17, 15) is 0 Å². The molecule has 0 saturated carbocycles. The van der Waals surface area contributed by atoms with Crippen molar-refractivity contribution in [3.05, 3.63) is 5.88 Å². The van der Waals surface area contributed by atoms with Gasteiger partial charge in [0.2, 0.25) is 0 Å². The molecule has 0 N–H and O–H groups in total. The first-order valence-corrected chi connectivity index (χ1v) is 3.30. The summed E-state index contributed by atoms with van der Waals surface area (Å²) in [6.45, 7) is 0. The Morgan fingerprint density at radius 2 is 2.80 bits per heavy atom. The maximum atomic E-state index is 3.63. The van der Waals surface area contributed by atoms with Crippen LogP contribution in [0.3, 0.4) is 0 Å². The van der Waals surface area contributed by atoms with E-state index in [1.807, 2.05) is 0 Å². The van der Waals surface area contributed by atoms with Gasteiger partial charge in [-0.2, -0.15) is 0 Å². The van der Waals surface area contributed by atoms with E-state index >= 15 is 0 Å². The highest BCUT2D eigenvalue weighted by molar-refractivity contribution is 8.82. The zero-order valence-electron chi connectivity index (χ0n) is 2.34. The minimum Gasteiger partial charge on any atom is -0.260 e. The summed E-state index contributed by atoms with van der Waals surface area (Å²) in [7, 11) is 3.11. The number of aliphatic imine (C=N–C) groups is 1. The van der Waals surface area contributed by atoms with E-state index < -0.39 is 0 Å². The first-order valence-electron chi connectivity index (χ1n) is 1.09. The molecule has 26 valence electrons. The van der Waals surface area contributed by atoms with Crippen LogP contribution in [0.1, 0.15) is 0 Å². The van der Waals surface area contributed by atoms with E-state index in [0.29, 0.717) is 0 Å². The van der Waals surface area contributed by atoms with E-state index in [1.165, 1.54) is 10.8 Å². The van der Waals surface area contributed by atoms with Crippen LogP contribution in [-0.2, 0) is 0 Å². The smallest absolute Gasteiger partial charge is 0.194 e. The van der Waals surface area contributed by atoms with E-state index in [2.05, 4.69) is 10.9 Å². The third-order valence-corrected chi connectivity index (χ3v) is 1.47. The molecule has 0 atom stereocenters. The normalized spacial score (nSPS) is 20.8. The van der Waals surface area contributed by atoms with Crippen LogP contribution in [0.25, 0.3) is 0 Å². The number of hydrogen-bond donors (Lipinski definition) is 0. The van der Waals surface area contributed by atoms with E-state index in [-0.39, 0.29) is 0 Å². The lowest BCUT2D eigenvalue weighted by Gasteiger charge is -1.64. The molecule has 1 rings (SSSR count). The highest BCUT2D eigenvalue weighted by Gasteiger charge is 1.90. The Hall–Kier alpha value is 0.370. The van der Waals surface area contributed by atoms with Crippen LogP contribution in [0.4, 0.5) is 0 Å². The first-order chi connectivity index (χ1) is 2.50. The van der Waals surface area contributed by atoms with Gasteiger partial charge in [0.15, 0.2) is 5.88 Å². The lowest BCUT2D eigenvalue weighted by molar-refractivity contribution is 1.60. The van der Waals surface area contributed by atoms with E-state index in [4.69, 9.17) is 0 Å².